The molecule has 0 spiro atoms. The standard InChI is InChI=1S/C17H16F3NO2S/c1-3-23-14-9-8-11(17(18,19)20)10-13(14)21-16(22)12-6-4-5-7-15(12)24-2/h4-10H,3H2,1-2H3,(H,21,22). The SMILES string of the molecule is CCOc1ccc(C(F)(F)F)cc1NC(=O)c1ccccc1SC. The maximum Gasteiger partial charge on any atom is 0.416 e. The maximum absolute atomic E-state index is 12.9. The van der Waals surface area contributed by atoms with Crippen LogP contribution in [-0.2, 0) is 6.18 Å². The van der Waals surface area contributed by atoms with Gasteiger partial charge in [-0.3, -0.25) is 4.79 Å². The van der Waals surface area contributed by atoms with Crippen molar-refractivity contribution in [3.8, 4) is 5.75 Å². The van der Waals surface area contributed by atoms with Gasteiger partial charge in [-0.2, -0.15) is 13.2 Å². The molecule has 0 fully saturated rings. The van der Waals surface area contributed by atoms with Crippen molar-refractivity contribution in [1.29, 1.82) is 0 Å². The number of carbonyl (C=O) groups is 1. The molecule has 0 aliphatic rings. The van der Waals surface area contributed by atoms with Crippen LogP contribution in [0, 0.1) is 0 Å². The Bertz CT molecular complexity index is 732. The van der Waals surface area contributed by atoms with Gasteiger partial charge in [-0.1, -0.05) is 12.1 Å². The Morgan fingerprint density at radius 1 is 1.21 bits per heavy atom. The highest BCUT2D eigenvalue weighted by molar-refractivity contribution is 7.98. The zero-order valence-corrected chi connectivity index (χ0v) is 13.9. The molecule has 2 rings (SSSR count). The number of alkyl halides is 3. The number of thioether (sulfide) groups is 1. The third kappa shape index (κ3) is 4.23. The fourth-order valence-corrected chi connectivity index (χ4v) is 2.70. The van der Waals surface area contributed by atoms with Crippen molar-refractivity contribution in [2.45, 2.75) is 18.0 Å². The van der Waals surface area contributed by atoms with Crippen LogP contribution >= 0.6 is 11.8 Å². The van der Waals surface area contributed by atoms with E-state index in [4.69, 9.17) is 4.74 Å². The van der Waals surface area contributed by atoms with Crippen molar-refractivity contribution in [2.24, 2.45) is 0 Å². The van der Waals surface area contributed by atoms with E-state index in [1.54, 1.807) is 31.2 Å². The molecule has 0 unspecified atom stereocenters. The van der Waals surface area contributed by atoms with Gasteiger partial charge < -0.3 is 10.1 Å². The first-order valence-corrected chi connectivity index (χ1v) is 8.37. The van der Waals surface area contributed by atoms with Gasteiger partial charge in [0.1, 0.15) is 5.75 Å². The minimum Gasteiger partial charge on any atom is -0.492 e. The predicted octanol–water partition coefficient (Wildman–Crippen LogP) is 5.08. The first kappa shape index (κ1) is 18.2. The molecule has 1 N–H and O–H groups in total. The molecule has 0 radical (unpaired) electrons. The Morgan fingerprint density at radius 3 is 2.54 bits per heavy atom. The molecule has 0 bridgehead atoms. The van der Waals surface area contributed by atoms with Crippen LogP contribution in [0.4, 0.5) is 18.9 Å². The number of anilines is 1. The topological polar surface area (TPSA) is 38.3 Å². The molecule has 0 atom stereocenters. The summed E-state index contributed by atoms with van der Waals surface area (Å²) in [5, 5.41) is 2.52. The van der Waals surface area contributed by atoms with E-state index < -0.39 is 17.6 Å². The predicted molar refractivity (Wildman–Crippen MR) is 88.8 cm³/mol. The first-order valence-electron chi connectivity index (χ1n) is 7.15. The number of ether oxygens (including phenoxy) is 1. The van der Waals surface area contributed by atoms with Crippen LogP contribution in [0.15, 0.2) is 47.4 Å². The molecule has 128 valence electrons. The lowest BCUT2D eigenvalue weighted by Gasteiger charge is -2.15. The van der Waals surface area contributed by atoms with Gasteiger partial charge in [-0.05, 0) is 43.5 Å². The number of hydrogen-bond acceptors (Lipinski definition) is 3. The molecule has 0 aromatic heterocycles. The summed E-state index contributed by atoms with van der Waals surface area (Å²) in [4.78, 5) is 13.2. The average Bonchev–Trinajstić information content (AvgIpc) is 2.55. The second kappa shape index (κ2) is 7.61. The van der Waals surface area contributed by atoms with Gasteiger partial charge in [0.15, 0.2) is 0 Å². The van der Waals surface area contributed by atoms with E-state index >= 15 is 0 Å². The Balaban J connectivity index is 2.37. The molecule has 2 aromatic rings. The molecule has 1 amide bonds. The van der Waals surface area contributed by atoms with Crippen LogP contribution in [0.1, 0.15) is 22.8 Å². The second-order valence-corrected chi connectivity index (χ2v) is 5.64. The van der Waals surface area contributed by atoms with Crippen molar-refractivity contribution in [3.63, 3.8) is 0 Å². The van der Waals surface area contributed by atoms with Crippen molar-refractivity contribution in [1.82, 2.24) is 0 Å². The molecule has 0 aliphatic carbocycles. The van der Waals surface area contributed by atoms with Crippen LogP contribution in [0.3, 0.4) is 0 Å². The van der Waals surface area contributed by atoms with Crippen LogP contribution < -0.4 is 10.1 Å². The van der Waals surface area contributed by atoms with Crippen LogP contribution in [0.5, 0.6) is 5.75 Å². The van der Waals surface area contributed by atoms with Crippen molar-refractivity contribution in [2.75, 3.05) is 18.2 Å². The molecule has 0 saturated heterocycles. The van der Waals surface area contributed by atoms with Gasteiger partial charge in [0.2, 0.25) is 0 Å². The van der Waals surface area contributed by atoms with Crippen molar-refractivity contribution in [3.05, 3.63) is 53.6 Å². The molecular formula is C17H16F3NO2S. The maximum atomic E-state index is 12.9. The van der Waals surface area contributed by atoms with Gasteiger partial charge >= 0.3 is 6.18 Å². The molecule has 0 saturated carbocycles. The second-order valence-electron chi connectivity index (χ2n) is 4.80. The number of rotatable bonds is 5. The minimum atomic E-state index is -4.50. The highest BCUT2D eigenvalue weighted by Gasteiger charge is 2.31. The number of hydrogen-bond donors (Lipinski definition) is 1. The van der Waals surface area contributed by atoms with E-state index in [2.05, 4.69) is 5.32 Å². The van der Waals surface area contributed by atoms with E-state index in [1.807, 2.05) is 6.26 Å². The smallest absolute Gasteiger partial charge is 0.416 e. The van der Waals surface area contributed by atoms with Gasteiger partial charge in [-0.25, -0.2) is 0 Å². The highest BCUT2D eigenvalue weighted by atomic mass is 32.2. The van der Waals surface area contributed by atoms with E-state index in [0.717, 1.165) is 17.0 Å². The molecule has 7 heteroatoms. The van der Waals surface area contributed by atoms with Crippen LogP contribution in [0.25, 0.3) is 0 Å². The monoisotopic (exact) mass is 355 g/mol. The van der Waals surface area contributed by atoms with Crippen molar-refractivity contribution < 1.29 is 22.7 Å². The average molecular weight is 355 g/mol. The fraction of sp³-hybridized carbons (Fsp3) is 0.235. The van der Waals surface area contributed by atoms with E-state index in [0.29, 0.717) is 5.56 Å². The number of halogens is 3. The summed E-state index contributed by atoms with van der Waals surface area (Å²) in [6.07, 6.45) is -2.68. The molecular weight excluding hydrogens is 339 g/mol. The number of benzene rings is 2. The van der Waals surface area contributed by atoms with Gasteiger partial charge in [0.05, 0.1) is 23.4 Å². The van der Waals surface area contributed by atoms with Gasteiger partial charge in [0, 0.05) is 4.90 Å². The zero-order chi connectivity index (χ0) is 17.7. The molecule has 2 aromatic carbocycles. The highest BCUT2D eigenvalue weighted by Crippen LogP contribution is 2.35. The quantitative estimate of drug-likeness (QED) is 0.760. The summed E-state index contributed by atoms with van der Waals surface area (Å²) >= 11 is 1.38. The number of nitrogens with one attached hydrogen (secondary N) is 1. The van der Waals surface area contributed by atoms with Crippen molar-refractivity contribution >= 4 is 23.4 Å². The van der Waals surface area contributed by atoms with Gasteiger partial charge in [0.25, 0.3) is 5.91 Å². The normalized spacial score (nSPS) is 11.2. The first-order chi connectivity index (χ1) is 11.4. The molecule has 24 heavy (non-hydrogen) atoms. The molecule has 0 aliphatic heterocycles. The number of amides is 1. The Kier molecular flexibility index (Phi) is 5.77. The van der Waals surface area contributed by atoms with Crippen LogP contribution in [0.2, 0.25) is 0 Å². The lowest BCUT2D eigenvalue weighted by Crippen LogP contribution is -2.15. The summed E-state index contributed by atoms with van der Waals surface area (Å²) in [5.74, 6) is -0.291. The Morgan fingerprint density at radius 2 is 1.92 bits per heavy atom. The zero-order valence-electron chi connectivity index (χ0n) is 13.1. The largest absolute Gasteiger partial charge is 0.492 e. The summed E-state index contributed by atoms with van der Waals surface area (Å²) < 4.78 is 44.0. The summed E-state index contributed by atoms with van der Waals surface area (Å²) in [7, 11) is 0. The summed E-state index contributed by atoms with van der Waals surface area (Å²) in [6.45, 7) is 1.99. The third-order valence-corrected chi connectivity index (χ3v) is 4.00. The number of carbonyl (C=O) groups excluding carboxylic acids is 1. The minimum absolute atomic E-state index is 0.00687. The lowest BCUT2D eigenvalue weighted by atomic mass is 10.1. The molecule has 0 heterocycles. The fourth-order valence-electron chi connectivity index (χ4n) is 2.11. The van der Waals surface area contributed by atoms with E-state index in [-0.39, 0.29) is 18.0 Å². The van der Waals surface area contributed by atoms with E-state index in [1.165, 1.54) is 17.8 Å². The summed E-state index contributed by atoms with van der Waals surface area (Å²) in [6, 6.07) is 9.90. The lowest BCUT2D eigenvalue weighted by molar-refractivity contribution is -0.137. The Labute approximate surface area is 142 Å². The van der Waals surface area contributed by atoms with Gasteiger partial charge in [-0.15, -0.1) is 11.8 Å². The molecule has 3 nitrogen and oxygen atoms in total. The van der Waals surface area contributed by atoms with E-state index in [9.17, 15) is 18.0 Å². The Hall–Kier alpha value is -2.15. The summed E-state index contributed by atoms with van der Waals surface area (Å²) in [5.41, 5.74) is -0.461. The third-order valence-electron chi connectivity index (χ3n) is 3.21. The van der Waals surface area contributed by atoms with Crippen LogP contribution in [-0.4, -0.2) is 18.8 Å².